The standard InChI is InChI=1S/C11H13N3O4S/c1-6(15)19-7-3-9(16)14(5-7)8-4-12-13-10(8)11(17)18-2/h4,7H,3,5H2,1-2H3,(H,12,13). The summed E-state index contributed by atoms with van der Waals surface area (Å²) in [7, 11) is 1.26. The maximum absolute atomic E-state index is 11.9. The fraction of sp³-hybridized carbons (Fsp3) is 0.455. The van der Waals surface area contributed by atoms with E-state index >= 15 is 0 Å². The second kappa shape index (κ2) is 5.43. The van der Waals surface area contributed by atoms with Crippen LogP contribution >= 0.6 is 11.8 Å². The topological polar surface area (TPSA) is 92.4 Å². The van der Waals surface area contributed by atoms with Gasteiger partial charge < -0.3 is 9.64 Å². The Bertz CT molecular complexity index is 528. The highest BCUT2D eigenvalue weighted by molar-refractivity contribution is 8.14. The summed E-state index contributed by atoms with van der Waals surface area (Å²) in [5.41, 5.74) is 0.535. The predicted molar refractivity (Wildman–Crippen MR) is 69.0 cm³/mol. The molecule has 1 aliphatic rings. The third kappa shape index (κ3) is 2.78. The number of ether oxygens (including phenoxy) is 1. The van der Waals surface area contributed by atoms with Crippen molar-refractivity contribution in [1.82, 2.24) is 10.2 Å². The molecule has 0 radical (unpaired) electrons. The highest BCUT2D eigenvalue weighted by atomic mass is 32.2. The van der Waals surface area contributed by atoms with E-state index in [1.807, 2.05) is 0 Å². The summed E-state index contributed by atoms with van der Waals surface area (Å²) in [6.07, 6.45) is 1.68. The first-order chi connectivity index (χ1) is 9.02. The minimum atomic E-state index is -0.581. The molecule has 102 valence electrons. The van der Waals surface area contributed by atoms with Gasteiger partial charge >= 0.3 is 5.97 Å². The summed E-state index contributed by atoms with van der Waals surface area (Å²) in [5, 5.41) is 6.16. The molecule has 0 bridgehead atoms. The van der Waals surface area contributed by atoms with E-state index < -0.39 is 5.97 Å². The number of esters is 1. The van der Waals surface area contributed by atoms with Crippen molar-refractivity contribution in [2.45, 2.75) is 18.6 Å². The van der Waals surface area contributed by atoms with Crippen LogP contribution < -0.4 is 4.90 Å². The third-order valence-corrected chi connectivity index (χ3v) is 3.70. The minimum absolute atomic E-state index is 0.0277. The number of methoxy groups -OCH3 is 1. The Kier molecular flexibility index (Phi) is 3.89. The average Bonchev–Trinajstić information content (AvgIpc) is 2.93. The quantitative estimate of drug-likeness (QED) is 0.816. The van der Waals surface area contributed by atoms with E-state index in [2.05, 4.69) is 14.9 Å². The molecule has 7 nitrogen and oxygen atoms in total. The van der Waals surface area contributed by atoms with E-state index in [9.17, 15) is 14.4 Å². The summed E-state index contributed by atoms with van der Waals surface area (Å²) >= 11 is 1.14. The number of hydrogen-bond acceptors (Lipinski definition) is 6. The van der Waals surface area contributed by atoms with Gasteiger partial charge in [-0.25, -0.2) is 4.79 Å². The van der Waals surface area contributed by atoms with E-state index in [0.29, 0.717) is 12.2 Å². The lowest BCUT2D eigenvalue weighted by Gasteiger charge is -2.15. The molecule has 0 spiro atoms. The maximum atomic E-state index is 11.9. The van der Waals surface area contributed by atoms with Crippen LogP contribution in [0.25, 0.3) is 0 Å². The van der Waals surface area contributed by atoms with Gasteiger partial charge in [-0.15, -0.1) is 0 Å². The van der Waals surface area contributed by atoms with Crippen LogP contribution in [0.15, 0.2) is 6.20 Å². The van der Waals surface area contributed by atoms with Crippen LogP contribution in [-0.4, -0.2) is 46.1 Å². The highest BCUT2D eigenvalue weighted by Gasteiger charge is 2.34. The van der Waals surface area contributed by atoms with E-state index in [-0.39, 0.29) is 28.4 Å². The van der Waals surface area contributed by atoms with Gasteiger partial charge in [0.2, 0.25) is 5.91 Å². The maximum Gasteiger partial charge on any atom is 0.358 e. The van der Waals surface area contributed by atoms with E-state index in [1.165, 1.54) is 25.1 Å². The molecule has 0 aromatic carbocycles. The smallest absolute Gasteiger partial charge is 0.358 e. The lowest BCUT2D eigenvalue weighted by molar-refractivity contribution is -0.117. The molecule has 1 fully saturated rings. The first-order valence-corrected chi connectivity index (χ1v) is 6.50. The number of hydrogen-bond donors (Lipinski definition) is 1. The number of thioether (sulfide) groups is 1. The first kappa shape index (κ1) is 13.6. The van der Waals surface area contributed by atoms with Crippen LogP contribution in [0.5, 0.6) is 0 Å². The van der Waals surface area contributed by atoms with Crippen LogP contribution in [-0.2, 0) is 14.3 Å². The summed E-state index contributed by atoms with van der Waals surface area (Å²) < 4.78 is 4.61. The molecule has 1 aromatic heterocycles. The molecule has 2 heterocycles. The van der Waals surface area contributed by atoms with Crippen molar-refractivity contribution in [2.24, 2.45) is 0 Å². The lowest BCUT2D eigenvalue weighted by atomic mass is 10.3. The number of rotatable bonds is 3. The van der Waals surface area contributed by atoms with Crippen molar-refractivity contribution in [2.75, 3.05) is 18.6 Å². The summed E-state index contributed by atoms with van der Waals surface area (Å²) in [4.78, 5) is 36.0. The molecular weight excluding hydrogens is 270 g/mol. The Labute approximate surface area is 113 Å². The Morgan fingerprint density at radius 2 is 2.32 bits per heavy atom. The number of carbonyl (C=O) groups is 3. The molecule has 1 atom stereocenters. The monoisotopic (exact) mass is 283 g/mol. The van der Waals surface area contributed by atoms with Gasteiger partial charge in [0.15, 0.2) is 10.8 Å². The SMILES string of the molecule is COC(=O)c1[nH]ncc1N1CC(SC(C)=O)CC1=O. The molecular formula is C11H13N3O4S. The number of aromatic nitrogens is 2. The number of amides is 1. The Morgan fingerprint density at radius 3 is 2.95 bits per heavy atom. The zero-order valence-corrected chi connectivity index (χ0v) is 11.3. The Hall–Kier alpha value is -1.83. The van der Waals surface area contributed by atoms with E-state index in [0.717, 1.165) is 11.8 Å². The highest BCUT2D eigenvalue weighted by Crippen LogP contribution is 2.30. The van der Waals surface area contributed by atoms with Crippen LogP contribution in [0.4, 0.5) is 5.69 Å². The minimum Gasteiger partial charge on any atom is -0.464 e. The zero-order chi connectivity index (χ0) is 14.0. The largest absolute Gasteiger partial charge is 0.464 e. The molecule has 8 heteroatoms. The summed E-state index contributed by atoms with van der Waals surface area (Å²) in [6.45, 7) is 1.85. The fourth-order valence-electron chi connectivity index (χ4n) is 1.96. The van der Waals surface area contributed by atoms with Crippen molar-refractivity contribution in [1.29, 1.82) is 0 Å². The van der Waals surface area contributed by atoms with E-state index in [4.69, 9.17) is 0 Å². The van der Waals surface area contributed by atoms with Gasteiger partial charge in [0.1, 0.15) is 0 Å². The molecule has 1 unspecified atom stereocenters. The fourth-order valence-corrected chi connectivity index (χ4v) is 2.88. The van der Waals surface area contributed by atoms with Crippen LogP contribution in [0.2, 0.25) is 0 Å². The summed E-state index contributed by atoms with van der Waals surface area (Å²) in [5.74, 6) is -0.715. The van der Waals surface area contributed by atoms with Gasteiger partial charge in [-0.05, 0) is 0 Å². The van der Waals surface area contributed by atoms with Gasteiger partial charge in [0, 0.05) is 25.1 Å². The van der Waals surface area contributed by atoms with Crippen molar-refractivity contribution in [3.8, 4) is 0 Å². The van der Waals surface area contributed by atoms with Gasteiger partial charge in [-0.1, -0.05) is 11.8 Å². The Morgan fingerprint density at radius 1 is 1.58 bits per heavy atom. The van der Waals surface area contributed by atoms with Gasteiger partial charge in [0.25, 0.3) is 0 Å². The Balaban J connectivity index is 2.19. The van der Waals surface area contributed by atoms with E-state index in [1.54, 1.807) is 0 Å². The third-order valence-electron chi connectivity index (χ3n) is 2.72. The van der Waals surface area contributed by atoms with Crippen LogP contribution in [0.1, 0.15) is 23.8 Å². The first-order valence-electron chi connectivity index (χ1n) is 5.62. The molecule has 1 aromatic rings. The molecule has 19 heavy (non-hydrogen) atoms. The average molecular weight is 283 g/mol. The molecule has 1 saturated heterocycles. The number of carbonyl (C=O) groups excluding carboxylic acids is 3. The van der Waals surface area contributed by atoms with Gasteiger partial charge in [-0.3, -0.25) is 14.7 Å². The number of anilines is 1. The summed E-state index contributed by atoms with van der Waals surface area (Å²) in [6, 6.07) is 0. The zero-order valence-electron chi connectivity index (χ0n) is 10.5. The predicted octanol–water partition coefficient (Wildman–Crippen LogP) is 0.581. The lowest BCUT2D eigenvalue weighted by Crippen LogP contribution is -2.26. The van der Waals surface area contributed by atoms with Crippen LogP contribution in [0, 0.1) is 0 Å². The number of H-pyrrole nitrogens is 1. The molecule has 1 aliphatic heterocycles. The number of nitrogens with zero attached hydrogens (tertiary/aromatic N) is 2. The number of aromatic amines is 1. The van der Waals surface area contributed by atoms with Crippen molar-refractivity contribution >= 4 is 34.4 Å². The molecule has 2 rings (SSSR count). The number of nitrogens with one attached hydrogen (secondary N) is 1. The second-order valence-corrected chi connectivity index (χ2v) is 5.54. The molecule has 1 N–H and O–H groups in total. The van der Waals surface area contributed by atoms with Crippen molar-refractivity contribution in [3.63, 3.8) is 0 Å². The molecule has 1 amide bonds. The van der Waals surface area contributed by atoms with Gasteiger partial charge in [-0.2, -0.15) is 5.10 Å². The van der Waals surface area contributed by atoms with Crippen LogP contribution in [0.3, 0.4) is 0 Å². The normalized spacial score (nSPS) is 18.7. The second-order valence-electron chi connectivity index (χ2n) is 4.06. The van der Waals surface area contributed by atoms with Crippen molar-refractivity contribution in [3.05, 3.63) is 11.9 Å². The van der Waals surface area contributed by atoms with Crippen molar-refractivity contribution < 1.29 is 19.1 Å². The van der Waals surface area contributed by atoms with Gasteiger partial charge in [0.05, 0.1) is 19.0 Å². The molecule has 0 aliphatic carbocycles. The molecule has 0 saturated carbocycles.